The first-order chi connectivity index (χ1) is 6.04. The lowest BCUT2D eigenvalue weighted by atomic mass is 9.97. The fourth-order valence-corrected chi connectivity index (χ4v) is 0.891. The van der Waals surface area contributed by atoms with E-state index in [0.29, 0.717) is 0 Å². The molecule has 5 heteroatoms. The molecule has 0 bridgehead atoms. The van der Waals surface area contributed by atoms with E-state index in [0.717, 1.165) is 0 Å². The largest absolute Gasteiger partial charge is 0.481 e. The Labute approximate surface area is 83.7 Å². The zero-order valence-corrected chi connectivity index (χ0v) is 9.05. The molecular weight excluding hydrogens is 184 g/mol. The van der Waals surface area contributed by atoms with Crippen LogP contribution in [-0.2, 0) is 9.59 Å². The second-order valence-electron chi connectivity index (χ2n) is 4.63. The molecule has 0 aliphatic carbocycles. The molecule has 4 N–H and O–H groups in total. The molecule has 5 nitrogen and oxygen atoms in total. The summed E-state index contributed by atoms with van der Waals surface area (Å²) in [6.45, 7) is 6.42. The van der Waals surface area contributed by atoms with Crippen LogP contribution in [0.4, 0.5) is 0 Å². The molecule has 0 radical (unpaired) electrons. The summed E-state index contributed by atoms with van der Waals surface area (Å²) >= 11 is 0. The lowest BCUT2D eigenvalue weighted by Gasteiger charge is -2.28. The van der Waals surface area contributed by atoms with E-state index in [1.54, 1.807) is 27.7 Å². The number of hydrogen-bond acceptors (Lipinski definition) is 3. The first-order valence-electron chi connectivity index (χ1n) is 4.38. The zero-order chi connectivity index (χ0) is 11.6. The second kappa shape index (κ2) is 3.96. The van der Waals surface area contributed by atoms with Gasteiger partial charge in [-0.3, -0.25) is 9.59 Å². The van der Waals surface area contributed by atoms with E-state index in [-0.39, 0.29) is 12.3 Å². The number of carbonyl (C=O) groups excluding carboxylic acids is 1. The molecule has 82 valence electrons. The minimum Gasteiger partial charge on any atom is -0.481 e. The highest BCUT2D eigenvalue weighted by Crippen LogP contribution is 2.10. The van der Waals surface area contributed by atoms with Gasteiger partial charge in [-0.1, -0.05) is 0 Å². The van der Waals surface area contributed by atoms with Crippen LogP contribution in [0.25, 0.3) is 0 Å². The van der Waals surface area contributed by atoms with Crippen molar-refractivity contribution in [2.75, 3.05) is 0 Å². The Hall–Kier alpha value is -1.10. The maximum absolute atomic E-state index is 11.4. The molecule has 0 saturated heterocycles. The van der Waals surface area contributed by atoms with Gasteiger partial charge < -0.3 is 16.2 Å². The number of carbonyl (C=O) groups is 2. The van der Waals surface area contributed by atoms with Gasteiger partial charge >= 0.3 is 5.97 Å². The maximum atomic E-state index is 11.4. The van der Waals surface area contributed by atoms with Crippen molar-refractivity contribution in [3.63, 3.8) is 0 Å². The van der Waals surface area contributed by atoms with E-state index in [1.807, 2.05) is 0 Å². The Morgan fingerprint density at radius 3 is 2.00 bits per heavy atom. The fraction of sp³-hybridized carbons (Fsp3) is 0.778. The Morgan fingerprint density at radius 1 is 1.29 bits per heavy atom. The first-order valence-corrected chi connectivity index (χ1v) is 4.38. The number of nitrogens with one attached hydrogen (secondary N) is 1. The van der Waals surface area contributed by atoms with Crippen LogP contribution in [0.2, 0.25) is 0 Å². The normalized spacial score (nSPS) is 12.4. The SMILES string of the molecule is CC(C)(CC(=O)O)NC(=O)C(C)(C)N. The van der Waals surface area contributed by atoms with E-state index in [1.165, 1.54) is 0 Å². The van der Waals surface area contributed by atoms with E-state index >= 15 is 0 Å². The molecule has 0 aliphatic heterocycles. The minimum atomic E-state index is -0.990. The van der Waals surface area contributed by atoms with Crippen LogP contribution in [0, 0.1) is 0 Å². The molecular formula is C9H18N2O3. The molecule has 0 heterocycles. The quantitative estimate of drug-likeness (QED) is 0.602. The number of nitrogens with two attached hydrogens (primary N) is 1. The number of amides is 1. The minimum absolute atomic E-state index is 0.130. The molecule has 0 atom stereocenters. The van der Waals surface area contributed by atoms with Gasteiger partial charge in [-0.15, -0.1) is 0 Å². The van der Waals surface area contributed by atoms with Gasteiger partial charge in [0, 0.05) is 5.54 Å². The summed E-state index contributed by atoms with van der Waals surface area (Å²) in [6, 6.07) is 0. The van der Waals surface area contributed by atoms with Crippen molar-refractivity contribution in [3.8, 4) is 0 Å². The van der Waals surface area contributed by atoms with Crippen molar-refractivity contribution in [1.82, 2.24) is 5.32 Å². The summed E-state index contributed by atoms with van der Waals surface area (Å²) in [5, 5.41) is 11.2. The average molecular weight is 202 g/mol. The number of rotatable bonds is 4. The third-order valence-corrected chi connectivity index (χ3v) is 1.63. The fourth-order valence-electron chi connectivity index (χ4n) is 0.891. The van der Waals surface area contributed by atoms with Crippen LogP contribution in [-0.4, -0.2) is 28.1 Å². The van der Waals surface area contributed by atoms with E-state index in [2.05, 4.69) is 5.32 Å². The van der Waals surface area contributed by atoms with Crippen LogP contribution in [0.15, 0.2) is 0 Å². The van der Waals surface area contributed by atoms with Crippen LogP contribution in [0.3, 0.4) is 0 Å². The highest BCUT2D eigenvalue weighted by Gasteiger charge is 2.29. The molecule has 0 spiro atoms. The van der Waals surface area contributed by atoms with Crippen molar-refractivity contribution in [1.29, 1.82) is 0 Å². The Kier molecular flexibility index (Phi) is 3.65. The Bertz CT molecular complexity index is 241. The molecule has 0 aliphatic rings. The summed E-state index contributed by atoms with van der Waals surface area (Å²) in [5.74, 6) is -1.31. The highest BCUT2D eigenvalue weighted by atomic mass is 16.4. The Balaban J connectivity index is 4.37. The van der Waals surface area contributed by atoms with Gasteiger partial charge in [0.1, 0.15) is 0 Å². The smallest absolute Gasteiger partial charge is 0.305 e. The van der Waals surface area contributed by atoms with Crippen LogP contribution in [0.1, 0.15) is 34.1 Å². The van der Waals surface area contributed by atoms with E-state index in [4.69, 9.17) is 10.8 Å². The second-order valence-corrected chi connectivity index (χ2v) is 4.63. The third-order valence-electron chi connectivity index (χ3n) is 1.63. The van der Waals surface area contributed by atoms with Crippen LogP contribution in [0.5, 0.6) is 0 Å². The van der Waals surface area contributed by atoms with Gasteiger partial charge in [0.2, 0.25) is 5.91 Å². The lowest BCUT2D eigenvalue weighted by molar-refractivity contribution is -0.139. The maximum Gasteiger partial charge on any atom is 0.305 e. The van der Waals surface area contributed by atoms with Crippen molar-refractivity contribution in [2.45, 2.75) is 45.2 Å². The summed E-state index contributed by atoms with van der Waals surface area (Å²) < 4.78 is 0. The molecule has 0 aromatic rings. The third kappa shape index (κ3) is 4.81. The standard InChI is InChI=1S/C9H18N2O3/c1-8(2,5-6(12)13)11-7(14)9(3,4)10/h5,10H2,1-4H3,(H,11,14)(H,12,13). The summed E-state index contributed by atoms with van der Waals surface area (Å²) in [6.07, 6.45) is -0.130. The molecule has 0 saturated carbocycles. The summed E-state index contributed by atoms with van der Waals surface area (Å²) in [5.41, 5.74) is 3.79. The molecule has 1 amide bonds. The number of hydrogen-bond donors (Lipinski definition) is 3. The zero-order valence-electron chi connectivity index (χ0n) is 9.05. The summed E-state index contributed by atoms with van der Waals surface area (Å²) in [4.78, 5) is 21.9. The average Bonchev–Trinajstić information content (AvgIpc) is 1.79. The van der Waals surface area contributed by atoms with Gasteiger partial charge in [0.15, 0.2) is 0 Å². The first kappa shape index (κ1) is 12.9. The van der Waals surface area contributed by atoms with Crippen LogP contribution >= 0.6 is 0 Å². The molecule has 0 aromatic carbocycles. The van der Waals surface area contributed by atoms with Crippen molar-refractivity contribution in [3.05, 3.63) is 0 Å². The monoisotopic (exact) mass is 202 g/mol. The van der Waals surface area contributed by atoms with Gasteiger partial charge in [-0.2, -0.15) is 0 Å². The van der Waals surface area contributed by atoms with Gasteiger partial charge in [-0.05, 0) is 27.7 Å². The molecule has 0 unspecified atom stereocenters. The predicted molar refractivity (Wildman–Crippen MR) is 52.7 cm³/mol. The molecule has 14 heavy (non-hydrogen) atoms. The van der Waals surface area contributed by atoms with E-state index in [9.17, 15) is 9.59 Å². The topological polar surface area (TPSA) is 92.4 Å². The molecule has 0 fully saturated rings. The van der Waals surface area contributed by atoms with Gasteiger partial charge in [0.05, 0.1) is 12.0 Å². The van der Waals surface area contributed by atoms with Gasteiger partial charge in [0.25, 0.3) is 0 Å². The predicted octanol–water partition coefficient (Wildman–Crippen LogP) is 0.0932. The highest BCUT2D eigenvalue weighted by molar-refractivity contribution is 5.86. The molecule has 0 aromatic heterocycles. The van der Waals surface area contributed by atoms with Crippen molar-refractivity contribution in [2.24, 2.45) is 5.73 Å². The number of carboxylic acid groups (broad SMARTS) is 1. The number of aliphatic carboxylic acids is 1. The Morgan fingerprint density at radius 2 is 1.71 bits per heavy atom. The van der Waals surface area contributed by atoms with Crippen LogP contribution < -0.4 is 11.1 Å². The van der Waals surface area contributed by atoms with Gasteiger partial charge in [-0.25, -0.2) is 0 Å². The molecule has 0 rings (SSSR count). The summed E-state index contributed by atoms with van der Waals surface area (Å²) in [7, 11) is 0. The number of carboxylic acids is 1. The van der Waals surface area contributed by atoms with E-state index < -0.39 is 17.0 Å². The lowest BCUT2D eigenvalue weighted by Crippen LogP contribution is -2.56. The van der Waals surface area contributed by atoms with Crippen molar-refractivity contribution >= 4 is 11.9 Å². The van der Waals surface area contributed by atoms with Crippen molar-refractivity contribution < 1.29 is 14.7 Å².